The molecule has 122 valence electrons. The van der Waals surface area contributed by atoms with E-state index in [0.717, 1.165) is 11.5 Å². The summed E-state index contributed by atoms with van der Waals surface area (Å²) in [6, 6.07) is 1.90. The molecule has 0 N–H and O–H groups in total. The molecule has 0 fully saturated rings. The molecule has 1 amide bonds. The van der Waals surface area contributed by atoms with Crippen LogP contribution in [0.5, 0.6) is 0 Å². The quantitative estimate of drug-likeness (QED) is 0.740. The molecule has 0 aromatic carbocycles. The van der Waals surface area contributed by atoms with Gasteiger partial charge in [-0.1, -0.05) is 0 Å². The topological polar surface area (TPSA) is 89.2 Å². The maximum atomic E-state index is 12.3. The van der Waals surface area contributed by atoms with Crippen LogP contribution in [0.3, 0.4) is 0 Å². The van der Waals surface area contributed by atoms with Crippen molar-refractivity contribution in [2.24, 2.45) is 0 Å². The van der Waals surface area contributed by atoms with Crippen molar-refractivity contribution < 1.29 is 4.79 Å². The molecule has 2 aromatic heterocycles. The molecule has 0 bridgehead atoms. The van der Waals surface area contributed by atoms with E-state index in [0.29, 0.717) is 25.5 Å². The van der Waals surface area contributed by atoms with E-state index in [1.54, 1.807) is 18.7 Å². The highest BCUT2D eigenvalue weighted by Crippen LogP contribution is 2.16. The third-order valence-corrected chi connectivity index (χ3v) is 3.82. The fourth-order valence-electron chi connectivity index (χ4n) is 2.48. The molecule has 0 spiro atoms. The lowest BCUT2D eigenvalue weighted by Gasteiger charge is -2.27. The van der Waals surface area contributed by atoms with Crippen molar-refractivity contribution in [3.63, 3.8) is 0 Å². The molecule has 0 unspecified atom stereocenters. The van der Waals surface area contributed by atoms with Crippen LogP contribution in [0.1, 0.15) is 11.5 Å². The zero-order valence-corrected chi connectivity index (χ0v) is 13.4. The molecule has 9 heteroatoms. The highest BCUT2D eigenvalue weighted by atomic mass is 16.2. The van der Waals surface area contributed by atoms with Crippen molar-refractivity contribution in [2.45, 2.75) is 26.6 Å². The summed E-state index contributed by atoms with van der Waals surface area (Å²) in [5, 5.41) is 4.31. The first-order valence-electron chi connectivity index (χ1n) is 7.36. The smallest absolute Gasteiger partial charge is 0.346 e. The van der Waals surface area contributed by atoms with E-state index >= 15 is 0 Å². The van der Waals surface area contributed by atoms with Gasteiger partial charge in [-0.3, -0.25) is 9.36 Å². The van der Waals surface area contributed by atoms with Gasteiger partial charge in [-0.25, -0.2) is 19.4 Å². The van der Waals surface area contributed by atoms with Gasteiger partial charge in [0, 0.05) is 38.9 Å². The molecule has 3 rings (SSSR count). The number of likely N-dealkylation sites (N-methyl/N-ethyl adjacent to an activating group) is 1. The Morgan fingerprint density at radius 2 is 2.09 bits per heavy atom. The van der Waals surface area contributed by atoms with Crippen LogP contribution >= 0.6 is 0 Å². The summed E-state index contributed by atoms with van der Waals surface area (Å²) in [5.74, 6) is 1.30. The van der Waals surface area contributed by atoms with E-state index < -0.39 is 0 Å². The number of aromatic nitrogens is 5. The molecule has 2 aromatic rings. The van der Waals surface area contributed by atoms with Crippen LogP contribution in [-0.4, -0.2) is 55.8 Å². The minimum Gasteiger partial charge on any atom is -0.347 e. The summed E-state index contributed by atoms with van der Waals surface area (Å²) < 4.78 is 2.85. The average molecular weight is 317 g/mol. The molecule has 0 atom stereocenters. The molecule has 23 heavy (non-hydrogen) atoms. The minimum atomic E-state index is -0.242. The molecule has 1 aliphatic rings. The van der Waals surface area contributed by atoms with Gasteiger partial charge in [0.15, 0.2) is 5.82 Å². The van der Waals surface area contributed by atoms with Gasteiger partial charge in [-0.2, -0.15) is 5.10 Å². The molecular weight excluding hydrogens is 298 g/mol. The Morgan fingerprint density at radius 1 is 1.30 bits per heavy atom. The predicted molar refractivity (Wildman–Crippen MR) is 83.0 cm³/mol. The van der Waals surface area contributed by atoms with Crippen LogP contribution in [0.15, 0.2) is 17.2 Å². The van der Waals surface area contributed by atoms with Crippen LogP contribution in [-0.2, 0) is 24.4 Å². The second-order valence-corrected chi connectivity index (χ2v) is 5.74. The van der Waals surface area contributed by atoms with Crippen LogP contribution in [0.4, 0.5) is 5.82 Å². The lowest BCUT2D eigenvalue weighted by atomic mass is 10.3. The molecule has 0 saturated carbocycles. The SMILES string of the molecule is Cc1cc(N2CCn3c(nn(CC(=O)N(C)C)c3=O)C2)ncn1. The first-order valence-corrected chi connectivity index (χ1v) is 7.36. The van der Waals surface area contributed by atoms with Gasteiger partial charge >= 0.3 is 5.69 Å². The van der Waals surface area contributed by atoms with Gasteiger partial charge in [0.25, 0.3) is 0 Å². The normalized spacial score (nSPS) is 13.8. The zero-order chi connectivity index (χ0) is 16.6. The maximum absolute atomic E-state index is 12.3. The van der Waals surface area contributed by atoms with Crippen LogP contribution in [0, 0.1) is 6.92 Å². The number of hydrogen-bond acceptors (Lipinski definition) is 6. The van der Waals surface area contributed by atoms with E-state index in [4.69, 9.17) is 0 Å². The third-order valence-electron chi connectivity index (χ3n) is 3.82. The Morgan fingerprint density at radius 3 is 2.78 bits per heavy atom. The molecule has 9 nitrogen and oxygen atoms in total. The van der Waals surface area contributed by atoms with Crippen molar-refractivity contribution >= 4 is 11.7 Å². The van der Waals surface area contributed by atoms with Crippen molar-refractivity contribution in [2.75, 3.05) is 25.5 Å². The lowest BCUT2D eigenvalue weighted by Crippen LogP contribution is -2.38. The molecule has 0 saturated heterocycles. The summed E-state index contributed by atoms with van der Waals surface area (Å²) in [5.41, 5.74) is 0.647. The summed E-state index contributed by atoms with van der Waals surface area (Å²) >= 11 is 0. The Balaban J connectivity index is 1.84. The van der Waals surface area contributed by atoms with Crippen LogP contribution < -0.4 is 10.6 Å². The van der Waals surface area contributed by atoms with Gasteiger partial charge in [0.05, 0.1) is 6.54 Å². The Labute approximate surface area is 133 Å². The maximum Gasteiger partial charge on any atom is 0.346 e. The average Bonchev–Trinajstić information content (AvgIpc) is 2.83. The second-order valence-electron chi connectivity index (χ2n) is 5.74. The van der Waals surface area contributed by atoms with Crippen molar-refractivity contribution in [1.29, 1.82) is 0 Å². The first-order chi connectivity index (χ1) is 11.0. The number of anilines is 1. The number of amides is 1. The van der Waals surface area contributed by atoms with Crippen molar-refractivity contribution in [3.8, 4) is 0 Å². The minimum absolute atomic E-state index is 0.0432. The molecule has 0 aliphatic carbocycles. The molecule has 1 aliphatic heterocycles. The number of rotatable bonds is 3. The van der Waals surface area contributed by atoms with Gasteiger partial charge < -0.3 is 9.80 Å². The number of aryl methyl sites for hydroxylation is 1. The van der Waals surface area contributed by atoms with Crippen molar-refractivity contribution in [1.82, 2.24) is 29.2 Å². The van der Waals surface area contributed by atoms with E-state index in [1.165, 1.54) is 15.9 Å². The number of carbonyl (C=O) groups is 1. The Hall–Kier alpha value is -2.71. The standard InChI is InChI=1S/C14H19N7O2/c1-10-6-11(16-9-15-10)19-4-5-20-12(7-19)17-21(14(20)23)8-13(22)18(2)3/h6,9H,4-5,7-8H2,1-3H3. The van der Waals surface area contributed by atoms with E-state index in [-0.39, 0.29) is 18.1 Å². The van der Waals surface area contributed by atoms with Crippen LogP contribution in [0.2, 0.25) is 0 Å². The highest BCUT2D eigenvalue weighted by molar-refractivity contribution is 5.75. The van der Waals surface area contributed by atoms with Gasteiger partial charge in [0.2, 0.25) is 5.91 Å². The van der Waals surface area contributed by atoms with Crippen LogP contribution in [0.25, 0.3) is 0 Å². The fourth-order valence-corrected chi connectivity index (χ4v) is 2.48. The molecule has 3 heterocycles. The van der Waals surface area contributed by atoms with Gasteiger partial charge in [0.1, 0.15) is 18.7 Å². The number of fused-ring (bicyclic) bond motifs is 1. The van der Waals surface area contributed by atoms with E-state index in [2.05, 4.69) is 20.0 Å². The highest BCUT2D eigenvalue weighted by Gasteiger charge is 2.23. The van der Waals surface area contributed by atoms with E-state index in [1.807, 2.05) is 13.0 Å². The number of carbonyl (C=O) groups excluding carboxylic acids is 1. The van der Waals surface area contributed by atoms with Crippen molar-refractivity contribution in [3.05, 3.63) is 34.4 Å². The summed E-state index contributed by atoms with van der Waals surface area (Å²) in [6.45, 7) is 3.53. The van der Waals surface area contributed by atoms with Gasteiger partial charge in [-0.05, 0) is 6.92 Å². The fraction of sp³-hybridized carbons (Fsp3) is 0.500. The first kappa shape index (κ1) is 15.2. The summed E-state index contributed by atoms with van der Waals surface area (Å²) in [7, 11) is 3.31. The number of nitrogens with zero attached hydrogens (tertiary/aromatic N) is 7. The van der Waals surface area contributed by atoms with E-state index in [9.17, 15) is 9.59 Å². The lowest BCUT2D eigenvalue weighted by molar-refractivity contribution is -0.129. The summed E-state index contributed by atoms with van der Waals surface area (Å²) in [6.07, 6.45) is 1.53. The number of hydrogen-bond donors (Lipinski definition) is 0. The third kappa shape index (κ3) is 2.94. The largest absolute Gasteiger partial charge is 0.347 e. The predicted octanol–water partition coefficient (Wildman–Crippen LogP) is -0.748. The monoisotopic (exact) mass is 317 g/mol. The Kier molecular flexibility index (Phi) is 3.85. The molecular formula is C14H19N7O2. The summed E-state index contributed by atoms with van der Waals surface area (Å²) in [4.78, 5) is 36.0. The zero-order valence-electron chi connectivity index (χ0n) is 13.4. The second kappa shape index (κ2) is 5.82. The van der Waals surface area contributed by atoms with Gasteiger partial charge in [-0.15, -0.1) is 0 Å². The Bertz CT molecular complexity index is 793. The molecule has 0 radical (unpaired) electrons.